The Balaban J connectivity index is 1.87. The van der Waals surface area contributed by atoms with E-state index in [2.05, 4.69) is 0 Å². The van der Waals surface area contributed by atoms with Gasteiger partial charge in [0.05, 0.1) is 35.0 Å². The largest absolute Gasteiger partial charge is 0.398 e. The van der Waals surface area contributed by atoms with Crippen molar-refractivity contribution in [2.45, 2.75) is 37.8 Å². The first kappa shape index (κ1) is 13.7. The van der Waals surface area contributed by atoms with Crippen LogP contribution in [-0.4, -0.2) is 36.1 Å². The van der Waals surface area contributed by atoms with Crippen molar-refractivity contribution in [2.75, 3.05) is 18.9 Å². The van der Waals surface area contributed by atoms with Gasteiger partial charge in [0.1, 0.15) is 0 Å². The fourth-order valence-electron chi connectivity index (χ4n) is 3.22. The van der Waals surface area contributed by atoms with Crippen LogP contribution in [0.1, 0.15) is 36.0 Å². The lowest BCUT2D eigenvalue weighted by Crippen LogP contribution is -2.54. The molecule has 1 amide bonds. The third kappa shape index (κ3) is 2.38. The highest BCUT2D eigenvalue weighted by molar-refractivity contribution is 6.36. The molecule has 1 heterocycles. The fraction of sp³-hybridized carbons (Fsp3) is 0.533. The molecule has 1 saturated heterocycles. The Hall–Kier alpha value is -1.26. The van der Waals surface area contributed by atoms with Crippen LogP contribution in [0.15, 0.2) is 18.2 Å². The van der Waals surface area contributed by atoms with Gasteiger partial charge in [0, 0.05) is 6.54 Å². The number of carbonyl (C=O) groups excluding carboxylic acids is 1. The minimum absolute atomic E-state index is 0.0255. The Bertz CT molecular complexity index is 519. The number of fused-ring (bicyclic) bond motifs is 1. The number of amides is 1. The molecule has 2 aliphatic rings. The average molecular weight is 295 g/mol. The lowest BCUT2D eigenvalue weighted by Gasteiger charge is -2.43. The van der Waals surface area contributed by atoms with Crippen molar-refractivity contribution in [1.29, 1.82) is 0 Å². The molecule has 1 aliphatic carbocycles. The van der Waals surface area contributed by atoms with Crippen molar-refractivity contribution in [1.82, 2.24) is 4.90 Å². The number of ether oxygens (including phenoxy) is 1. The summed E-state index contributed by atoms with van der Waals surface area (Å²) in [6.45, 7) is 1.23. The first-order valence-corrected chi connectivity index (χ1v) is 7.53. The van der Waals surface area contributed by atoms with Crippen LogP contribution < -0.4 is 5.73 Å². The monoisotopic (exact) mass is 294 g/mol. The number of halogens is 1. The van der Waals surface area contributed by atoms with Gasteiger partial charge in [-0.1, -0.05) is 30.5 Å². The Morgan fingerprint density at radius 3 is 3.00 bits per heavy atom. The topological polar surface area (TPSA) is 55.6 Å². The molecule has 3 rings (SSSR count). The van der Waals surface area contributed by atoms with Crippen molar-refractivity contribution in [3.63, 3.8) is 0 Å². The molecule has 1 aliphatic heterocycles. The van der Waals surface area contributed by atoms with Crippen LogP contribution in [0.4, 0.5) is 5.69 Å². The highest BCUT2D eigenvalue weighted by atomic mass is 35.5. The number of nitrogen functional groups attached to an aromatic ring is 1. The SMILES string of the molecule is Nc1cccc(C(=O)N2CCOC3CCCCC32)c1Cl. The first-order chi connectivity index (χ1) is 9.68. The lowest BCUT2D eigenvalue weighted by atomic mass is 9.89. The van der Waals surface area contributed by atoms with Crippen LogP contribution in [-0.2, 0) is 4.74 Å². The molecule has 1 aromatic rings. The molecule has 1 aromatic carbocycles. The molecule has 0 bridgehead atoms. The first-order valence-electron chi connectivity index (χ1n) is 7.15. The van der Waals surface area contributed by atoms with Gasteiger partial charge in [-0.3, -0.25) is 4.79 Å². The van der Waals surface area contributed by atoms with Crippen molar-refractivity contribution in [3.05, 3.63) is 28.8 Å². The third-order valence-electron chi connectivity index (χ3n) is 4.25. The summed E-state index contributed by atoms with van der Waals surface area (Å²) in [4.78, 5) is 14.7. The van der Waals surface area contributed by atoms with Crippen LogP contribution in [0, 0.1) is 0 Å². The van der Waals surface area contributed by atoms with Crippen LogP contribution in [0.5, 0.6) is 0 Å². The zero-order chi connectivity index (χ0) is 14.1. The molecule has 1 saturated carbocycles. The van der Waals surface area contributed by atoms with E-state index < -0.39 is 0 Å². The molecule has 0 aromatic heterocycles. The minimum Gasteiger partial charge on any atom is -0.398 e. The van der Waals surface area contributed by atoms with Crippen molar-refractivity contribution >= 4 is 23.2 Å². The molecule has 2 unspecified atom stereocenters. The van der Waals surface area contributed by atoms with Gasteiger partial charge in [-0.25, -0.2) is 0 Å². The molecule has 5 heteroatoms. The maximum absolute atomic E-state index is 12.8. The third-order valence-corrected chi connectivity index (χ3v) is 4.67. The second-order valence-electron chi connectivity index (χ2n) is 5.47. The highest BCUT2D eigenvalue weighted by Gasteiger charge is 2.37. The predicted molar refractivity (Wildman–Crippen MR) is 78.9 cm³/mol. The molecule has 0 radical (unpaired) electrons. The lowest BCUT2D eigenvalue weighted by molar-refractivity contribution is -0.0752. The molecule has 108 valence electrons. The summed E-state index contributed by atoms with van der Waals surface area (Å²) in [5, 5.41) is 0.358. The molecular formula is C15H19ClN2O2. The van der Waals surface area contributed by atoms with E-state index in [1.807, 2.05) is 4.90 Å². The summed E-state index contributed by atoms with van der Waals surface area (Å²) >= 11 is 6.18. The summed E-state index contributed by atoms with van der Waals surface area (Å²) < 4.78 is 5.80. The van der Waals surface area contributed by atoms with Crippen molar-refractivity contribution in [3.8, 4) is 0 Å². The Morgan fingerprint density at radius 2 is 2.15 bits per heavy atom. The molecule has 4 nitrogen and oxygen atoms in total. The van der Waals surface area contributed by atoms with E-state index in [9.17, 15) is 4.79 Å². The summed E-state index contributed by atoms with van der Waals surface area (Å²) in [5.41, 5.74) is 6.74. The molecule has 20 heavy (non-hydrogen) atoms. The van der Waals surface area contributed by atoms with Gasteiger partial charge in [-0.2, -0.15) is 0 Å². The van der Waals surface area contributed by atoms with Crippen molar-refractivity contribution in [2.24, 2.45) is 0 Å². The van der Waals surface area contributed by atoms with Gasteiger partial charge in [-0.05, 0) is 25.0 Å². The maximum atomic E-state index is 12.8. The van der Waals surface area contributed by atoms with Gasteiger partial charge >= 0.3 is 0 Å². The van der Waals surface area contributed by atoms with Gasteiger partial charge in [0.25, 0.3) is 5.91 Å². The Kier molecular flexibility index (Phi) is 3.85. The average Bonchev–Trinajstić information content (AvgIpc) is 2.49. The van der Waals surface area contributed by atoms with Gasteiger partial charge in [0.15, 0.2) is 0 Å². The second-order valence-corrected chi connectivity index (χ2v) is 5.85. The van der Waals surface area contributed by atoms with Crippen LogP contribution >= 0.6 is 11.6 Å². The molecule has 2 N–H and O–H groups in total. The molecule has 0 spiro atoms. The smallest absolute Gasteiger partial charge is 0.255 e. The molecular weight excluding hydrogens is 276 g/mol. The zero-order valence-corrected chi connectivity index (χ0v) is 12.1. The zero-order valence-electron chi connectivity index (χ0n) is 11.3. The minimum atomic E-state index is -0.0255. The highest BCUT2D eigenvalue weighted by Crippen LogP contribution is 2.31. The predicted octanol–water partition coefficient (Wildman–Crippen LogP) is 2.71. The van der Waals surface area contributed by atoms with E-state index in [1.54, 1.807) is 18.2 Å². The number of carbonyl (C=O) groups is 1. The molecule has 2 atom stereocenters. The van der Waals surface area contributed by atoms with Gasteiger partial charge in [0.2, 0.25) is 0 Å². The standard InChI is InChI=1S/C15H19ClN2O2/c16-14-10(4-3-5-11(14)17)15(19)18-8-9-20-13-7-2-1-6-12(13)18/h3-5,12-13H,1-2,6-9,17H2. The quantitative estimate of drug-likeness (QED) is 0.810. The summed E-state index contributed by atoms with van der Waals surface area (Å²) in [6, 6.07) is 5.41. The summed E-state index contributed by atoms with van der Waals surface area (Å²) in [7, 11) is 0. The van der Waals surface area contributed by atoms with E-state index in [0.29, 0.717) is 29.4 Å². The van der Waals surface area contributed by atoms with Gasteiger partial charge < -0.3 is 15.4 Å². The van der Waals surface area contributed by atoms with Crippen LogP contribution in [0.25, 0.3) is 0 Å². The number of hydrogen-bond donors (Lipinski definition) is 1. The number of morpholine rings is 1. The summed E-state index contributed by atoms with van der Waals surface area (Å²) in [5.74, 6) is -0.0255. The van der Waals surface area contributed by atoms with Crippen LogP contribution in [0.2, 0.25) is 5.02 Å². The fourth-order valence-corrected chi connectivity index (χ4v) is 3.43. The number of anilines is 1. The van der Waals surface area contributed by atoms with Crippen LogP contribution in [0.3, 0.4) is 0 Å². The Labute approximate surface area is 123 Å². The summed E-state index contributed by atoms with van der Waals surface area (Å²) in [6.07, 6.45) is 4.57. The number of nitrogens with two attached hydrogens (primary N) is 1. The normalized spacial score (nSPS) is 26.1. The Morgan fingerprint density at radius 1 is 1.35 bits per heavy atom. The maximum Gasteiger partial charge on any atom is 0.255 e. The number of hydrogen-bond acceptors (Lipinski definition) is 3. The van der Waals surface area contributed by atoms with E-state index in [1.165, 1.54) is 6.42 Å². The van der Waals surface area contributed by atoms with E-state index in [0.717, 1.165) is 19.3 Å². The number of rotatable bonds is 1. The molecule has 2 fully saturated rings. The number of nitrogens with zero attached hydrogens (tertiary/aromatic N) is 1. The second kappa shape index (κ2) is 5.62. The number of benzene rings is 1. The van der Waals surface area contributed by atoms with Gasteiger partial charge in [-0.15, -0.1) is 0 Å². The van der Waals surface area contributed by atoms with E-state index in [-0.39, 0.29) is 18.1 Å². The van der Waals surface area contributed by atoms with Crippen molar-refractivity contribution < 1.29 is 9.53 Å². The van der Waals surface area contributed by atoms with E-state index >= 15 is 0 Å². The van der Waals surface area contributed by atoms with E-state index in [4.69, 9.17) is 22.1 Å².